The van der Waals surface area contributed by atoms with Gasteiger partial charge in [0.1, 0.15) is 11.3 Å². The average molecular weight is 331 g/mol. The maximum absolute atomic E-state index is 12.4. The fourth-order valence-corrected chi connectivity index (χ4v) is 3.90. The normalized spacial score (nSPS) is 27.0. The zero-order valence-electron chi connectivity index (χ0n) is 14.0. The number of hydrogen-bond donors (Lipinski definition) is 0. The Morgan fingerprint density at radius 3 is 2.79 bits per heavy atom. The van der Waals surface area contributed by atoms with Gasteiger partial charge >= 0.3 is 0 Å². The van der Waals surface area contributed by atoms with Gasteiger partial charge in [0.05, 0.1) is 32.9 Å². The Morgan fingerprint density at radius 2 is 2.12 bits per heavy atom. The van der Waals surface area contributed by atoms with Crippen LogP contribution in [0.25, 0.3) is 0 Å². The van der Waals surface area contributed by atoms with E-state index < -0.39 is 0 Å². The van der Waals surface area contributed by atoms with Crippen LogP contribution in [0.2, 0.25) is 0 Å². The molecule has 1 atom stereocenters. The third-order valence-electron chi connectivity index (χ3n) is 5.38. The molecule has 0 radical (unpaired) electrons. The molecule has 1 amide bonds. The minimum absolute atomic E-state index is 0.0141. The number of ether oxygens (including phenoxy) is 2. The van der Waals surface area contributed by atoms with Crippen molar-refractivity contribution in [3.8, 4) is 0 Å². The Balaban J connectivity index is 1.24. The second kappa shape index (κ2) is 6.78. The van der Waals surface area contributed by atoms with E-state index in [9.17, 15) is 4.79 Å². The molecule has 1 spiro atoms. The van der Waals surface area contributed by atoms with E-state index in [0.717, 1.165) is 45.9 Å². The van der Waals surface area contributed by atoms with Crippen LogP contribution in [0, 0.1) is 5.92 Å². The van der Waals surface area contributed by atoms with Crippen LogP contribution in [-0.4, -0.2) is 78.8 Å². The Bertz CT molecular complexity index is 558. The van der Waals surface area contributed by atoms with Gasteiger partial charge < -0.3 is 14.4 Å². The van der Waals surface area contributed by atoms with Crippen molar-refractivity contribution in [2.45, 2.75) is 18.4 Å². The maximum Gasteiger partial charge on any atom is 0.272 e. The third-order valence-corrected chi connectivity index (χ3v) is 5.38. The summed E-state index contributed by atoms with van der Waals surface area (Å²) >= 11 is 0. The Morgan fingerprint density at radius 1 is 1.29 bits per heavy atom. The molecule has 1 aromatic rings. The molecule has 3 aliphatic rings. The number of rotatable bonds is 3. The van der Waals surface area contributed by atoms with E-state index in [2.05, 4.69) is 9.88 Å². The first kappa shape index (κ1) is 16.0. The number of nitrogens with zero attached hydrogens (tertiary/aromatic N) is 3. The van der Waals surface area contributed by atoms with Crippen LogP contribution in [-0.2, 0) is 9.47 Å². The van der Waals surface area contributed by atoms with Crippen molar-refractivity contribution in [1.29, 1.82) is 0 Å². The highest BCUT2D eigenvalue weighted by molar-refractivity contribution is 5.93. The molecule has 6 heteroatoms. The van der Waals surface area contributed by atoms with Gasteiger partial charge in [0, 0.05) is 25.8 Å². The fraction of sp³-hybridized carbons (Fsp3) is 0.667. The molecule has 130 valence electrons. The molecule has 0 saturated carbocycles. The van der Waals surface area contributed by atoms with Gasteiger partial charge in [-0.15, -0.1) is 0 Å². The minimum atomic E-state index is -0.105. The lowest BCUT2D eigenvalue weighted by Crippen LogP contribution is -2.66. The highest BCUT2D eigenvalue weighted by Gasteiger charge is 2.48. The predicted molar refractivity (Wildman–Crippen MR) is 88.8 cm³/mol. The molecule has 3 aliphatic heterocycles. The van der Waals surface area contributed by atoms with E-state index >= 15 is 0 Å². The smallest absolute Gasteiger partial charge is 0.272 e. The number of aromatic nitrogens is 1. The summed E-state index contributed by atoms with van der Waals surface area (Å²) in [7, 11) is 0. The molecule has 24 heavy (non-hydrogen) atoms. The number of likely N-dealkylation sites (tertiary alicyclic amines) is 1. The van der Waals surface area contributed by atoms with Crippen molar-refractivity contribution >= 4 is 5.91 Å². The Kier molecular flexibility index (Phi) is 4.52. The summed E-state index contributed by atoms with van der Waals surface area (Å²) in [5.74, 6) is 0.620. The fourth-order valence-electron chi connectivity index (χ4n) is 3.90. The minimum Gasteiger partial charge on any atom is -0.379 e. The molecular weight excluding hydrogens is 306 g/mol. The number of morpholine rings is 1. The predicted octanol–water partition coefficient (Wildman–Crippen LogP) is 1.03. The number of pyridine rings is 1. The van der Waals surface area contributed by atoms with Gasteiger partial charge in [-0.1, -0.05) is 6.07 Å². The molecule has 4 rings (SSSR count). The zero-order chi connectivity index (χ0) is 16.4. The highest BCUT2D eigenvalue weighted by Crippen LogP contribution is 2.36. The molecule has 3 saturated heterocycles. The topological polar surface area (TPSA) is 54.9 Å². The molecule has 0 N–H and O–H groups in total. The third kappa shape index (κ3) is 3.31. The molecule has 0 aliphatic carbocycles. The van der Waals surface area contributed by atoms with E-state index in [1.54, 1.807) is 12.3 Å². The summed E-state index contributed by atoms with van der Waals surface area (Å²) in [6.45, 7) is 7.09. The zero-order valence-corrected chi connectivity index (χ0v) is 14.0. The van der Waals surface area contributed by atoms with E-state index in [1.807, 2.05) is 17.0 Å². The summed E-state index contributed by atoms with van der Waals surface area (Å²) in [6.07, 6.45) is 3.90. The summed E-state index contributed by atoms with van der Waals surface area (Å²) in [6, 6.07) is 5.45. The lowest BCUT2D eigenvalue weighted by atomic mass is 9.82. The Hall–Kier alpha value is -1.50. The molecule has 4 heterocycles. The van der Waals surface area contributed by atoms with E-state index in [-0.39, 0.29) is 11.5 Å². The largest absolute Gasteiger partial charge is 0.379 e. The average Bonchev–Trinajstić information content (AvgIpc) is 2.62. The number of carbonyl (C=O) groups excluding carboxylic acids is 1. The molecule has 0 aromatic carbocycles. The first-order chi connectivity index (χ1) is 11.7. The van der Waals surface area contributed by atoms with Crippen LogP contribution in [0.1, 0.15) is 23.3 Å². The standard InChI is InChI=1S/C18H25N3O3/c22-17(16-3-1-2-6-19-16)21-13-18(14-21)5-4-15(12-24-18)11-20-7-9-23-10-8-20/h1-3,6,15H,4-5,7-14H2/t15-/m1/s1. The lowest BCUT2D eigenvalue weighted by molar-refractivity contribution is -0.169. The van der Waals surface area contributed by atoms with Crippen LogP contribution in [0.4, 0.5) is 0 Å². The van der Waals surface area contributed by atoms with Crippen molar-refractivity contribution in [3.05, 3.63) is 30.1 Å². The van der Waals surface area contributed by atoms with Crippen molar-refractivity contribution in [3.63, 3.8) is 0 Å². The van der Waals surface area contributed by atoms with Crippen LogP contribution in [0.15, 0.2) is 24.4 Å². The van der Waals surface area contributed by atoms with Crippen molar-refractivity contribution in [2.75, 3.05) is 52.5 Å². The lowest BCUT2D eigenvalue weighted by Gasteiger charge is -2.53. The van der Waals surface area contributed by atoms with Gasteiger partial charge in [0.2, 0.25) is 0 Å². The van der Waals surface area contributed by atoms with Gasteiger partial charge in [0.25, 0.3) is 5.91 Å². The SMILES string of the molecule is O=C(c1ccccn1)N1CC2(CC[C@H](CN3CCOCC3)CO2)C1. The van der Waals surface area contributed by atoms with E-state index in [0.29, 0.717) is 24.7 Å². The van der Waals surface area contributed by atoms with Crippen LogP contribution in [0.5, 0.6) is 0 Å². The van der Waals surface area contributed by atoms with Crippen LogP contribution in [0.3, 0.4) is 0 Å². The Labute approximate surface area is 142 Å². The van der Waals surface area contributed by atoms with Gasteiger partial charge in [-0.2, -0.15) is 0 Å². The van der Waals surface area contributed by atoms with Crippen molar-refractivity contribution < 1.29 is 14.3 Å². The second-order valence-corrected chi connectivity index (χ2v) is 7.19. The first-order valence-corrected chi connectivity index (χ1v) is 8.88. The van der Waals surface area contributed by atoms with Gasteiger partial charge in [0.15, 0.2) is 0 Å². The van der Waals surface area contributed by atoms with E-state index in [4.69, 9.17) is 9.47 Å². The monoisotopic (exact) mass is 331 g/mol. The quantitative estimate of drug-likeness (QED) is 0.828. The van der Waals surface area contributed by atoms with Gasteiger partial charge in [-0.3, -0.25) is 14.7 Å². The van der Waals surface area contributed by atoms with E-state index in [1.165, 1.54) is 6.42 Å². The summed E-state index contributed by atoms with van der Waals surface area (Å²) in [4.78, 5) is 20.8. The molecule has 6 nitrogen and oxygen atoms in total. The number of amides is 1. The second-order valence-electron chi connectivity index (χ2n) is 7.19. The van der Waals surface area contributed by atoms with Crippen LogP contribution >= 0.6 is 0 Å². The number of hydrogen-bond acceptors (Lipinski definition) is 5. The molecule has 0 bridgehead atoms. The van der Waals surface area contributed by atoms with Gasteiger partial charge in [-0.05, 0) is 30.9 Å². The van der Waals surface area contributed by atoms with Crippen molar-refractivity contribution in [2.24, 2.45) is 5.92 Å². The summed E-state index contributed by atoms with van der Waals surface area (Å²) in [5.41, 5.74) is 0.416. The summed E-state index contributed by atoms with van der Waals surface area (Å²) in [5, 5.41) is 0. The molecule has 0 unspecified atom stereocenters. The van der Waals surface area contributed by atoms with Crippen LogP contribution < -0.4 is 0 Å². The molecule has 3 fully saturated rings. The van der Waals surface area contributed by atoms with Gasteiger partial charge in [-0.25, -0.2) is 0 Å². The first-order valence-electron chi connectivity index (χ1n) is 8.88. The van der Waals surface area contributed by atoms with Crippen molar-refractivity contribution in [1.82, 2.24) is 14.8 Å². The maximum atomic E-state index is 12.4. The summed E-state index contributed by atoms with van der Waals surface area (Å²) < 4.78 is 11.6. The molecular formula is C18H25N3O3. The highest BCUT2D eigenvalue weighted by atomic mass is 16.5. The number of carbonyl (C=O) groups is 1. The molecule has 1 aromatic heterocycles.